The zero-order valence-corrected chi connectivity index (χ0v) is 23.5. The van der Waals surface area contributed by atoms with E-state index in [4.69, 9.17) is 23.4 Å². The number of rotatable bonds is 9. The number of alkyl halides is 1. The van der Waals surface area contributed by atoms with E-state index in [1.165, 1.54) is 6.07 Å². The smallest absolute Gasteiger partial charge is 0.305 e. The second kappa shape index (κ2) is 11.1. The lowest BCUT2D eigenvalue weighted by atomic mass is 9.97. The summed E-state index contributed by atoms with van der Waals surface area (Å²) in [7, 11) is 1.59. The number of ether oxygens (including phenoxy) is 4. The molecule has 1 aliphatic rings. The zero-order chi connectivity index (χ0) is 27.5. The lowest BCUT2D eigenvalue weighted by molar-refractivity contribution is -0.0456. The standard InChI is InChI=1S/C33H27BrO6/c1-36-30-20-22(14-16-27(30)37-19-9-8-18-34)29-21-26(35)25-15-17-28-32(31(25)38-29)40-33(39-28,23-10-4-2-5-11-23)24-12-6-3-7-13-24/h2-7,10-17,20-21H,8-9,18-19H2,1H3. The maximum absolute atomic E-state index is 13.3. The van der Waals surface area contributed by atoms with Crippen molar-refractivity contribution in [3.05, 3.63) is 118 Å². The van der Waals surface area contributed by atoms with E-state index in [0.717, 1.165) is 29.3 Å². The maximum Gasteiger partial charge on any atom is 0.305 e. The first-order valence-electron chi connectivity index (χ1n) is 13.1. The van der Waals surface area contributed by atoms with Crippen LogP contribution in [0.5, 0.6) is 23.0 Å². The molecule has 0 bridgehead atoms. The Morgan fingerprint density at radius 2 is 1.52 bits per heavy atom. The van der Waals surface area contributed by atoms with Crippen molar-refractivity contribution in [1.29, 1.82) is 0 Å². The van der Waals surface area contributed by atoms with Gasteiger partial charge in [0.1, 0.15) is 5.76 Å². The molecule has 1 aromatic heterocycles. The third kappa shape index (κ3) is 4.71. The Hall–Kier alpha value is -4.23. The van der Waals surface area contributed by atoms with Gasteiger partial charge in [-0.25, -0.2) is 0 Å². The highest BCUT2D eigenvalue weighted by molar-refractivity contribution is 9.09. The second-order valence-electron chi connectivity index (χ2n) is 9.41. The zero-order valence-electron chi connectivity index (χ0n) is 21.9. The van der Waals surface area contributed by atoms with Crippen molar-refractivity contribution in [3.63, 3.8) is 0 Å². The molecule has 0 saturated carbocycles. The van der Waals surface area contributed by atoms with Crippen LogP contribution >= 0.6 is 15.9 Å². The molecule has 4 aromatic carbocycles. The largest absolute Gasteiger partial charge is 0.493 e. The average molecular weight is 599 g/mol. The van der Waals surface area contributed by atoms with E-state index < -0.39 is 5.79 Å². The number of hydrogen-bond acceptors (Lipinski definition) is 6. The number of unbranched alkanes of at least 4 members (excludes halogenated alkanes) is 1. The summed E-state index contributed by atoms with van der Waals surface area (Å²) in [5.74, 6) is 1.22. The van der Waals surface area contributed by atoms with Crippen LogP contribution < -0.4 is 24.4 Å². The van der Waals surface area contributed by atoms with Gasteiger partial charge in [0.15, 0.2) is 28.3 Å². The van der Waals surface area contributed by atoms with Gasteiger partial charge in [-0.15, -0.1) is 0 Å². The fraction of sp³-hybridized carbons (Fsp3) is 0.182. The first-order chi connectivity index (χ1) is 19.6. The maximum atomic E-state index is 13.3. The number of benzene rings is 4. The minimum Gasteiger partial charge on any atom is -0.493 e. The van der Waals surface area contributed by atoms with Crippen molar-refractivity contribution in [1.82, 2.24) is 0 Å². The molecule has 0 fully saturated rings. The van der Waals surface area contributed by atoms with Gasteiger partial charge < -0.3 is 23.4 Å². The molecule has 0 spiro atoms. The molecule has 5 aromatic rings. The van der Waals surface area contributed by atoms with Gasteiger partial charge >= 0.3 is 5.79 Å². The summed E-state index contributed by atoms with van der Waals surface area (Å²) in [5, 5.41) is 1.34. The Morgan fingerprint density at radius 1 is 0.800 bits per heavy atom. The molecule has 0 atom stereocenters. The summed E-state index contributed by atoms with van der Waals surface area (Å²) in [6.07, 6.45) is 1.95. The van der Waals surface area contributed by atoms with Crippen molar-refractivity contribution in [3.8, 4) is 34.3 Å². The van der Waals surface area contributed by atoms with E-state index in [9.17, 15) is 4.79 Å². The van der Waals surface area contributed by atoms with Crippen LogP contribution in [0, 0.1) is 0 Å². The van der Waals surface area contributed by atoms with Gasteiger partial charge in [0, 0.05) is 28.1 Å². The van der Waals surface area contributed by atoms with Crippen LogP contribution in [0.4, 0.5) is 0 Å². The van der Waals surface area contributed by atoms with Crippen LogP contribution in [-0.2, 0) is 5.79 Å². The van der Waals surface area contributed by atoms with Gasteiger partial charge in [0.05, 0.1) is 19.1 Å². The Balaban J connectivity index is 1.43. The molecule has 0 saturated heterocycles. The third-order valence-electron chi connectivity index (χ3n) is 6.86. The van der Waals surface area contributed by atoms with E-state index in [1.807, 2.05) is 78.9 Å². The van der Waals surface area contributed by atoms with Crippen LogP contribution in [0.3, 0.4) is 0 Å². The van der Waals surface area contributed by atoms with Gasteiger partial charge in [-0.3, -0.25) is 4.79 Å². The molecule has 202 valence electrons. The van der Waals surface area contributed by atoms with E-state index in [-0.39, 0.29) is 5.43 Å². The predicted octanol–water partition coefficient (Wildman–Crippen LogP) is 7.70. The van der Waals surface area contributed by atoms with Crippen molar-refractivity contribution >= 4 is 26.9 Å². The van der Waals surface area contributed by atoms with Gasteiger partial charge in [-0.05, 0) is 43.2 Å². The summed E-state index contributed by atoms with van der Waals surface area (Å²) in [6, 6.07) is 29.9. The molecule has 6 rings (SSSR count). The lowest BCUT2D eigenvalue weighted by Crippen LogP contribution is -2.36. The summed E-state index contributed by atoms with van der Waals surface area (Å²) in [6.45, 7) is 0.584. The fourth-order valence-corrected chi connectivity index (χ4v) is 5.25. The highest BCUT2D eigenvalue weighted by Crippen LogP contribution is 2.50. The second-order valence-corrected chi connectivity index (χ2v) is 10.2. The topological polar surface area (TPSA) is 67.1 Å². The van der Waals surface area contributed by atoms with Crippen LogP contribution in [0.2, 0.25) is 0 Å². The predicted molar refractivity (Wildman–Crippen MR) is 158 cm³/mol. The SMILES string of the molecule is COc1cc(-c2cc(=O)c3ccc4c(c3o2)OC(c2ccccc2)(c2ccccc2)O4)ccc1OCCCCBr. The molecule has 7 heteroatoms. The van der Waals surface area contributed by atoms with Crippen LogP contribution in [-0.4, -0.2) is 19.0 Å². The number of halogens is 1. The normalized spacial score (nSPS) is 13.3. The fourth-order valence-electron chi connectivity index (χ4n) is 4.85. The Morgan fingerprint density at radius 3 is 2.20 bits per heavy atom. The molecule has 0 unspecified atom stereocenters. The minimum atomic E-state index is -1.23. The molecule has 40 heavy (non-hydrogen) atoms. The molecular weight excluding hydrogens is 572 g/mol. The highest BCUT2D eigenvalue weighted by atomic mass is 79.9. The molecular formula is C33H27BrO6. The molecule has 0 N–H and O–H groups in total. The summed E-state index contributed by atoms with van der Waals surface area (Å²) >= 11 is 3.44. The summed E-state index contributed by atoms with van der Waals surface area (Å²) < 4.78 is 31.1. The van der Waals surface area contributed by atoms with E-state index in [0.29, 0.717) is 51.9 Å². The average Bonchev–Trinajstić information content (AvgIpc) is 3.42. The van der Waals surface area contributed by atoms with Crippen molar-refractivity contribution in [2.24, 2.45) is 0 Å². The molecule has 0 aliphatic carbocycles. The molecule has 2 heterocycles. The Bertz CT molecular complexity index is 1660. The Kier molecular flexibility index (Phi) is 7.22. The van der Waals surface area contributed by atoms with Gasteiger partial charge in [0.2, 0.25) is 5.75 Å². The van der Waals surface area contributed by atoms with Crippen LogP contribution in [0.1, 0.15) is 24.0 Å². The lowest BCUT2D eigenvalue weighted by Gasteiger charge is -2.28. The number of hydrogen-bond donors (Lipinski definition) is 0. The summed E-state index contributed by atoms with van der Waals surface area (Å²) in [4.78, 5) is 13.3. The first-order valence-corrected chi connectivity index (χ1v) is 14.2. The molecule has 1 aliphatic heterocycles. The van der Waals surface area contributed by atoms with Crippen molar-refractivity contribution < 1.29 is 23.4 Å². The van der Waals surface area contributed by atoms with Gasteiger partial charge in [0.25, 0.3) is 0 Å². The molecule has 6 nitrogen and oxygen atoms in total. The van der Waals surface area contributed by atoms with Gasteiger partial charge in [-0.2, -0.15) is 0 Å². The van der Waals surface area contributed by atoms with Crippen molar-refractivity contribution in [2.45, 2.75) is 18.6 Å². The van der Waals surface area contributed by atoms with Crippen LogP contribution in [0.25, 0.3) is 22.3 Å². The third-order valence-corrected chi connectivity index (χ3v) is 7.42. The van der Waals surface area contributed by atoms with E-state index >= 15 is 0 Å². The van der Waals surface area contributed by atoms with Crippen molar-refractivity contribution in [2.75, 3.05) is 19.0 Å². The molecule has 0 amide bonds. The number of methoxy groups -OCH3 is 1. The van der Waals surface area contributed by atoms with E-state index in [2.05, 4.69) is 15.9 Å². The summed E-state index contributed by atoms with van der Waals surface area (Å²) in [5.41, 5.74) is 2.45. The Labute approximate surface area is 240 Å². The van der Waals surface area contributed by atoms with Gasteiger partial charge in [-0.1, -0.05) is 76.6 Å². The minimum absolute atomic E-state index is 0.186. The first kappa shape index (κ1) is 26.0. The highest BCUT2D eigenvalue weighted by Gasteiger charge is 2.46. The number of fused-ring (bicyclic) bond motifs is 3. The quantitative estimate of drug-likeness (QED) is 0.128. The van der Waals surface area contributed by atoms with E-state index in [1.54, 1.807) is 19.2 Å². The van der Waals surface area contributed by atoms with Crippen LogP contribution in [0.15, 0.2) is 106 Å². The molecule has 0 radical (unpaired) electrons. The monoisotopic (exact) mass is 598 g/mol.